The predicted octanol–water partition coefficient (Wildman–Crippen LogP) is 2.43. The molecule has 7 heteroatoms. The van der Waals surface area contributed by atoms with Gasteiger partial charge in [-0.15, -0.1) is 0 Å². The van der Waals surface area contributed by atoms with Crippen LogP contribution in [0.4, 0.5) is 10.5 Å². The Labute approximate surface area is 130 Å². The van der Waals surface area contributed by atoms with E-state index in [1.165, 1.54) is 14.2 Å². The van der Waals surface area contributed by atoms with Crippen LogP contribution in [0.1, 0.15) is 6.42 Å². The van der Waals surface area contributed by atoms with Gasteiger partial charge < -0.3 is 25.0 Å². The van der Waals surface area contributed by atoms with E-state index in [9.17, 15) is 4.79 Å². The molecule has 1 aromatic carbocycles. The molecule has 0 aliphatic heterocycles. The second-order valence-corrected chi connectivity index (χ2v) is 5.13. The van der Waals surface area contributed by atoms with E-state index in [1.807, 2.05) is 14.1 Å². The smallest absolute Gasteiger partial charge is 0.319 e. The summed E-state index contributed by atoms with van der Waals surface area (Å²) in [5.74, 6) is 0.949. The molecule has 2 N–H and O–H groups in total. The molecule has 0 bridgehead atoms. The number of nitrogens with zero attached hydrogens (tertiary/aromatic N) is 1. The van der Waals surface area contributed by atoms with Crippen molar-refractivity contribution in [1.29, 1.82) is 0 Å². The second-order valence-electron chi connectivity index (χ2n) is 4.72. The Kier molecular flexibility index (Phi) is 7.11. The number of halogens is 1. The van der Waals surface area contributed by atoms with E-state index in [2.05, 4.69) is 15.5 Å². The molecule has 0 aliphatic carbocycles. The van der Waals surface area contributed by atoms with E-state index in [0.29, 0.717) is 28.8 Å². The molecule has 0 atom stereocenters. The minimum Gasteiger partial charge on any atom is -0.495 e. The van der Waals surface area contributed by atoms with Crippen molar-refractivity contribution in [3.8, 4) is 11.5 Å². The van der Waals surface area contributed by atoms with E-state index in [-0.39, 0.29) is 6.03 Å². The number of anilines is 1. The van der Waals surface area contributed by atoms with Gasteiger partial charge in [-0.2, -0.15) is 0 Å². The molecule has 0 saturated carbocycles. The summed E-state index contributed by atoms with van der Waals surface area (Å²) in [5, 5.41) is 5.93. The molecular formula is C14H22ClN3O3. The lowest BCUT2D eigenvalue weighted by molar-refractivity contribution is 0.251. The maximum absolute atomic E-state index is 11.8. The van der Waals surface area contributed by atoms with Gasteiger partial charge in [-0.3, -0.25) is 0 Å². The second kappa shape index (κ2) is 8.59. The topological polar surface area (TPSA) is 62.8 Å². The van der Waals surface area contributed by atoms with Gasteiger partial charge in [0.1, 0.15) is 11.5 Å². The lowest BCUT2D eigenvalue weighted by Crippen LogP contribution is -2.31. The minimum absolute atomic E-state index is 0.295. The fourth-order valence-corrected chi connectivity index (χ4v) is 1.95. The average Bonchev–Trinajstić information content (AvgIpc) is 2.44. The van der Waals surface area contributed by atoms with Crippen LogP contribution in [0.3, 0.4) is 0 Å². The van der Waals surface area contributed by atoms with Crippen LogP contribution in [0.5, 0.6) is 11.5 Å². The Bertz CT molecular complexity index is 481. The first-order valence-corrected chi connectivity index (χ1v) is 6.96. The molecule has 0 unspecified atom stereocenters. The van der Waals surface area contributed by atoms with Crippen molar-refractivity contribution in [2.24, 2.45) is 0 Å². The van der Waals surface area contributed by atoms with Crippen LogP contribution in [0.25, 0.3) is 0 Å². The van der Waals surface area contributed by atoms with E-state index in [4.69, 9.17) is 21.1 Å². The van der Waals surface area contributed by atoms with E-state index in [0.717, 1.165) is 13.0 Å². The fraction of sp³-hybridized carbons (Fsp3) is 0.500. The summed E-state index contributed by atoms with van der Waals surface area (Å²) in [4.78, 5) is 13.9. The van der Waals surface area contributed by atoms with Crippen molar-refractivity contribution in [3.05, 3.63) is 17.2 Å². The Hall–Kier alpha value is -1.66. The summed E-state index contributed by atoms with van der Waals surface area (Å²) in [6.07, 6.45) is 0.876. The van der Waals surface area contributed by atoms with Crippen molar-refractivity contribution in [2.45, 2.75) is 6.42 Å². The van der Waals surface area contributed by atoms with Crippen molar-refractivity contribution < 1.29 is 14.3 Å². The number of carbonyl (C=O) groups is 1. The van der Waals surface area contributed by atoms with Crippen LogP contribution in [0.15, 0.2) is 12.1 Å². The molecule has 2 amide bonds. The molecule has 1 rings (SSSR count). The fourth-order valence-electron chi connectivity index (χ4n) is 1.72. The van der Waals surface area contributed by atoms with Crippen molar-refractivity contribution in [2.75, 3.05) is 46.7 Å². The maximum Gasteiger partial charge on any atom is 0.319 e. The number of hydrogen-bond acceptors (Lipinski definition) is 4. The number of amides is 2. The van der Waals surface area contributed by atoms with Crippen LogP contribution >= 0.6 is 11.6 Å². The lowest BCUT2D eigenvalue weighted by atomic mass is 10.2. The van der Waals surface area contributed by atoms with Crippen LogP contribution in [0.2, 0.25) is 5.02 Å². The molecule has 0 aliphatic rings. The van der Waals surface area contributed by atoms with Gasteiger partial charge in [0.2, 0.25) is 0 Å². The molecule has 0 saturated heterocycles. The van der Waals surface area contributed by atoms with Crippen LogP contribution in [-0.4, -0.2) is 52.3 Å². The molecule has 21 heavy (non-hydrogen) atoms. The van der Waals surface area contributed by atoms with Gasteiger partial charge in [0, 0.05) is 18.7 Å². The SMILES string of the molecule is COc1cc(NC(=O)NCCCN(C)C)c(OC)cc1Cl. The van der Waals surface area contributed by atoms with Gasteiger partial charge >= 0.3 is 6.03 Å². The first-order chi connectivity index (χ1) is 9.97. The van der Waals surface area contributed by atoms with Gasteiger partial charge in [-0.25, -0.2) is 4.79 Å². The number of benzene rings is 1. The largest absolute Gasteiger partial charge is 0.495 e. The first-order valence-electron chi connectivity index (χ1n) is 6.59. The van der Waals surface area contributed by atoms with E-state index < -0.39 is 0 Å². The highest BCUT2D eigenvalue weighted by atomic mass is 35.5. The van der Waals surface area contributed by atoms with Crippen molar-refractivity contribution in [3.63, 3.8) is 0 Å². The zero-order chi connectivity index (χ0) is 15.8. The van der Waals surface area contributed by atoms with Crippen molar-refractivity contribution in [1.82, 2.24) is 10.2 Å². The first kappa shape index (κ1) is 17.4. The van der Waals surface area contributed by atoms with Gasteiger partial charge in [0.15, 0.2) is 0 Å². The summed E-state index contributed by atoms with van der Waals surface area (Å²) >= 11 is 6.01. The number of carbonyl (C=O) groups excluding carboxylic acids is 1. The van der Waals surface area contributed by atoms with Crippen LogP contribution < -0.4 is 20.1 Å². The number of ether oxygens (including phenoxy) is 2. The molecule has 0 aromatic heterocycles. The molecule has 6 nitrogen and oxygen atoms in total. The Balaban J connectivity index is 2.62. The number of hydrogen-bond donors (Lipinski definition) is 2. The molecule has 0 fully saturated rings. The van der Waals surface area contributed by atoms with Gasteiger partial charge in [0.25, 0.3) is 0 Å². The number of rotatable bonds is 7. The summed E-state index contributed by atoms with van der Waals surface area (Å²) in [6.45, 7) is 1.51. The van der Waals surface area contributed by atoms with E-state index >= 15 is 0 Å². The zero-order valence-corrected chi connectivity index (χ0v) is 13.6. The molecule has 0 radical (unpaired) electrons. The standard InChI is InChI=1S/C14H22ClN3O3/c1-18(2)7-5-6-16-14(19)17-11-9-12(20-3)10(15)8-13(11)21-4/h8-9H,5-7H2,1-4H3,(H2,16,17,19). The molecule has 0 spiro atoms. The third-order valence-corrected chi connectivity index (χ3v) is 3.09. The van der Waals surface area contributed by atoms with Gasteiger partial charge in [-0.1, -0.05) is 11.6 Å². The predicted molar refractivity (Wildman–Crippen MR) is 84.7 cm³/mol. The van der Waals surface area contributed by atoms with Crippen molar-refractivity contribution >= 4 is 23.3 Å². The van der Waals surface area contributed by atoms with Crippen LogP contribution in [-0.2, 0) is 0 Å². The summed E-state index contributed by atoms with van der Waals surface area (Å²) in [7, 11) is 7.01. The Morgan fingerprint density at radius 1 is 1.24 bits per heavy atom. The number of nitrogens with one attached hydrogen (secondary N) is 2. The Morgan fingerprint density at radius 3 is 2.48 bits per heavy atom. The maximum atomic E-state index is 11.8. The highest BCUT2D eigenvalue weighted by molar-refractivity contribution is 6.32. The Morgan fingerprint density at radius 2 is 1.90 bits per heavy atom. The minimum atomic E-state index is -0.295. The normalized spacial score (nSPS) is 10.4. The molecule has 0 heterocycles. The summed E-state index contributed by atoms with van der Waals surface area (Å²) in [6, 6.07) is 2.93. The van der Waals surface area contributed by atoms with Gasteiger partial charge in [0.05, 0.1) is 24.9 Å². The van der Waals surface area contributed by atoms with Crippen LogP contribution in [0, 0.1) is 0 Å². The monoisotopic (exact) mass is 315 g/mol. The van der Waals surface area contributed by atoms with Gasteiger partial charge in [-0.05, 0) is 27.1 Å². The highest BCUT2D eigenvalue weighted by Gasteiger charge is 2.12. The third-order valence-electron chi connectivity index (χ3n) is 2.79. The molecule has 1 aromatic rings. The average molecular weight is 316 g/mol. The zero-order valence-electron chi connectivity index (χ0n) is 12.8. The summed E-state index contributed by atoms with van der Waals surface area (Å²) < 4.78 is 10.3. The third kappa shape index (κ3) is 5.69. The van der Waals surface area contributed by atoms with E-state index in [1.54, 1.807) is 12.1 Å². The molecule has 118 valence electrons. The lowest BCUT2D eigenvalue weighted by Gasteiger charge is -2.14. The quantitative estimate of drug-likeness (QED) is 0.759. The highest BCUT2D eigenvalue weighted by Crippen LogP contribution is 2.35. The number of urea groups is 1. The molecular weight excluding hydrogens is 294 g/mol. The number of methoxy groups -OCH3 is 2. The summed E-state index contributed by atoms with van der Waals surface area (Å²) in [5.41, 5.74) is 0.504.